The molecular weight excluding hydrogens is 252 g/mol. The van der Waals surface area contributed by atoms with Crippen molar-refractivity contribution < 1.29 is 9.53 Å². The molecule has 1 heterocycles. The standard InChI is InChI=1S/C16H18N2O2/c1-16(2,3)13-9-11(5-8-15(13)20-4)14-7-6-12(10-19)17-18-14/h5-10H,1-4H3. The smallest absolute Gasteiger partial charge is 0.170 e. The molecule has 0 aliphatic rings. The number of carbonyl (C=O) groups excluding carboxylic acids is 1. The molecule has 0 saturated carbocycles. The molecule has 4 heteroatoms. The Labute approximate surface area is 118 Å². The van der Waals surface area contributed by atoms with Crippen LogP contribution in [0, 0.1) is 0 Å². The van der Waals surface area contributed by atoms with E-state index in [1.165, 1.54) is 0 Å². The molecule has 0 spiro atoms. The van der Waals surface area contributed by atoms with Crippen LogP contribution in [0.5, 0.6) is 5.75 Å². The molecule has 104 valence electrons. The number of hydrogen-bond acceptors (Lipinski definition) is 4. The van der Waals surface area contributed by atoms with Crippen LogP contribution in [0.2, 0.25) is 0 Å². The van der Waals surface area contributed by atoms with Crippen LogP contribution in [0.25, 0.3) is 11.3 Å². The molecular formula is C16H18N2O2. The van der Waals surface area contributed by atoms with E-state index in [9.17, 15) is 4.79 Å². The summed E-state index contributed by atoms with van der Waals surface area (Å²) in [5.41, 5.74) is 3.11. The van der Waals surface area contributed by atoms with Crippen molar-refractivity contribution in [2.45, 2.75) is 26.2 Å². The van der Waals surface area contributed by atoms with E-state index in [1.54, 1.807) is 19.2 Å². The monoisotopic (exact) mass is 270 g/mol. The molecule has 0 N–H and O–H groups in total. The van der Waals surface area contributed by atoms with Crippen molar-refractivity contribution in [1.29, 1.82) is 0 Å². The maximum Gasteiger partial charge on any atom is 0.170 e. The Balaban J connectivity index is 2.49. The zero-order valence-corrected chi connectivity index (χ0v) is 12.2. The largest absolute Gasteiger partial charge is 0.496 e. The van der Waals surface area contributed by atoms with E-state index in [-0.39, 0.29) is 5.41 Å². The molecule has 0 atom stereocenters. The van der Waals surface area contributed by atoms with Crippen molar-refractivity contribution in [3.05, 3.63) is 41.6 Å². The van der Waals surface area contributed by atoms with E-state index in [2.05, 4.69) is 37.0 Å². The van der Waals surface area contributed by atoms with E-state index in [0.29, 0.717) is 12.0 Å². The number of aromatic nitrogens is 2. The van der Waals surface area contributed by atoms with E-state index < -0.39 is 0 Å². The zero-order valence-electron chi connectivity index (χ0n) is 12.2. The van der Waals surface area contributed by atoms with Crippen LogP contribution in [-0.4, -0.2) is 23.6 Å². The van der Waals surface area contributed by atoms with Crippen LogP contribution in [0.15, 0.2) is 30.3 Å². The van der Waals surface area contributed by atoms with Gasteiger partial charge < -0.3 is 4.74 Å². The van der Waals surface area contributed by atoms with Crippen LogP contribution in [-0.2, 0) is 5.41 Å². The van der Waals surface area contributed by atoms with Gasteiger partial charge in [0.15, 0.2) is 6.29 Å². The summed E-state index contributed by atoms with van der Waals surface area (Å²) in [6.45, 7) is 6.40. The van der Waals surface area contributed by atoms with E-state index in [0.717, 1.165) is 22.6 Å². The molecule has 4 nitrogen and oxygen atoms in total. The first-order valence-corrected chi connectivity index (χ1v) is 6.43. The van der Waals surface area contributed by atoms with Gasteiger partial charge in [-0.25, -0.2) is 0 Å². The summed E-state index contributed by atoms with van der Waals surface area (Å²) in [5.74, 6) is 0.860. The Morgan fingerprint density at radius 1 is 1.10 bits per heavy atom. The number of aldehydes is 1. The van der Waals surface area contributed by atoms with Gasteiger partial charge >= 0.3 is 0 Å². The summed E-state index contributed by atoms with van der Waals surface area (Å²) in [4.78, 5) is 10.6. The second kappa shape index (κ2) is 5.41. The molecule has 0 saturated heterocycles. The first-order valence-electron chi connectivity index (χ1n) is 6.43. The van der Waals surface area contributed by atoms with Crippen LogP contribution in [0.1, 0.15) is 36.8 Å². The van der Waals surface area contributed by atoms with E-state index in [1.807, 2.05) is 12.1 Å². The number of hydrogen-bond donors (Lipinski definition) is 0. The molecule has 0 fully saturated rings. The zero-order chi connectivity index (χ0) is 14.8. The maximum absolute atomic E-state index is 10.6. The van der Waals surface area contributed by atoms with Gasteiger partial charge in [0.2, 0.25) is 0 Å². The number of ether oxygens (including phenoxy) is 1. The van der Waals surface area contributed by atoms with Gasteiger partial charge in [-0.15, -0.1) is 10.2 Å². The second-order valence-electron chi connectivity index (χ2n) is 5.63. The third-order valence-corrected chi connectivity index (χ3v) is 3.11. The van der Waals surface area contributed by atoms with Gasteiger partial charge in [0.05, 0.1) is 12.8 Å². The minimum Gasteiger partial charge on any atom is -0.496 e. The Morgan fingerprint density at radius 2 is 1.85 bits per heavy atom. The Bertz CT molecular complexity index is 613. The van der Waals surface area contributed by atoms with Gasteiger partial charge in [0, 0.05) is 11.1 Å². The number of rotatable bonds is 3. The topological polar surface area (TPSA) is 52.1 Å². The Morgan fingerprint density at radius 3 is 2.35 bits per heavy atom. The Hall–Kier alpha value is -2.23. The molecule has 2 rings (SSSR count). The molecule has 1 aromatic heterocycles. The van der Waals surface area contributed by atoms with Crippen LogP contribution < -0.4 is 4.74 Å². The summed E-state index contributed by atoms with van der Waals surface area (Å²) in [6.07, 6.45) is 0.686. The molecule has 0 aliphatic heterocycles. The van der Waals surface area contributed by atoms with Gasteiger partial charge in [-0.3, -0.25) is 4.79 Å². The molecule has 1 aromatic carbocycles. The maximum atomic E-state index is 10.6. The molecule has 20 heavy (non-hydrogen) atoms. The fourth-order valence-corrected chi connectivity index (χ4v) is 2.01. The van der Waals surface area contributed by atoms with Gasteiger partial charge in [-0.05, 0) is 35.7 Å². The van der Waals surface area contributed by atoms with Crippen LogP contribution in [0.3, 0.4) is 0 Å². The van der Waals surface area contributed by atoms with E-state index >= 15 is 0 Å². The summed E-state index contributed by atoms with van der Waals surface area (Å²) < 4.78 is 5.42. The molecule has 2 aromatic rings. The lowest BCUT2D eigenvalue weighted by molar-refractivity contribution is 0.111. The Kier molecular flexibility index (Phi) is 3.84. The summed E-state index contributed by atoms with van der Waals surface area (Å²) in [5, 5.41) is 7.94. The number of nitrogens with zero attached hydrogens (tertiary/aromatic N) is 2. The van der Waals surface area contributed by atoms with Crippen molar-refractivity contribution in [1.82, 2.24) is 10.2 Å². The highest BCUT2D eigenvalue weighted by Gasteiger charge is 2.19. The molecule has 0 unspecified atom stereocenters. The molecule has 0 radical (unpaired) electrons. The van der Waals surface area contributed by atoms with Crippen LogP contribution in [0.4, 0.5) is 0 Å². The second-order valence-corrected chi connectivity index (χ2v) is 5.63. The fraction of sp³-hybridized carbons (Fsp3) is 0.312. The van der Waals surface area contributed by atoms with E-state index in [4.69, 9.17) is 4.74 Å². The van der Waals surface area contributed by atoms with Crippen molar-refractivity contribution in [3.8, 4) is 17.0 Å². The quantitative estimate of drug-likeness (QED) is 0.803. The predicted octanol–water partition coefficient (Wildman–Crippen LogP) is 3.26. The minimum absolute atomic E-state index is 0.0302. The average Bonchev–Trinajstić information content (AvgIpc) is 2.46. The highest BCUT2D eigenvalue weighted by molar-refractivity contribution is 5.72. The third-order valence-electron chi connectivity index (χ3n) is 3.11. The fourth-order valence-electron chi connectivity index (χ4n) is 2.01. The highest BCUT2D eigenvalue weighted by Crippen LogP contribution is 2.34. The third kappa shape index (κ3) is 2.85. The summed E-state index contributed by atoms with van der Waals surface area (Å²) in [7, 11) is 1.67. The first-order chi connectivity index (χ1) is 9.45. The predicted molar refractivity (Wildman–Crippen MR) is 78.1 cm³/mol. The van der Waals surface area contributed by atoms with Crippen molar-refractivity contribution in [3.63, 3.8) is 0 Å². The molecule has 0 bridgehead atoms. The average molecular weight is 270 g/mol. The minimum atomic E-state index is -0.0302. The summed E-state index contributed by atoms with van der Waals surface area (Å²) >= 11 is 0. The van der Waals surface area contributed by atoms with Crippen molar-refractivity contribution in [2.75, 3.05) is 7.11 Å². The first kappa shape index (κ1) is 14.2. The van der Waals surface area contributed by atoms with Gasteiger partial charge in [-0.2, -0.15) is 0 Å². The van der Waals surface area contributed by atoms with Gasteiger partial charge in [0.1, 0.15) is 11.4 Å². The molecule has 0 aliphatic carbocycles. The van der Waals surface area contributed by atoms with Crippen LogP contribution >= 0.6 is 0 Å². The number of methoxy groups -OCH3 is 1. The SMILES string of the molecule is COc1ccc(-c2ccc(C=O)nn2)cc1C(C)(C)C. The van der Waals surface area contributed by atoms with Gasteiger partial charge in [-0.1, -0.05) is 20.8 Å². The molecule has 0 amide bonds. The van der Waals surface area contributed by atoms with Gasteiger partial charge in [0.25, 0.3) is 0 Å². The highest BCUT2D eigenvalue weighted by atomic mass is 16.5. The van der Waals surface area contributed by atoms with Crippen molar-refractivity contribution >= 4 is 6.29 Å². The lowest BCUT2D eigenvalue weighted by Gasteiger charge is -2.22. The number of carbonyl (C=O) groups is 1. The summed E-state index contributed by atoms with van der Waals surface area (Å²) in [6, 6.07) is 9.40. The lowest BCUT2D eigenvalue weighted by atomic mass is 9.85. The lowest BCUT2D eigenvalue weighted by Crippen LogP contribution is -2.13. The number of benzene rings is 1. The normalized spacial score (nSPS) is 11.2. The van der Waals surface area contributed by atoms with Crippen molar-refractivity contribution in [2.24, 2.45) is 0 Å².